The molecule has 3 nitrogen and oxygen atoms in total. The molecule has 5 aromatic rings. The van der Waals surface area contributed by atoms with Crippen molar-refractivity contribution in [3.63, 3.8) is 0 Å². The number of fused-ring (bicyclic) bond motifs is 3. The zero-order chi connectivity index (χ0) is 17.5. The second-order valence-corrected chi connectivity index (χ2v) is 6.40. The summed E-state index contributed by atoms with van der Waals surface area (Å²) in [5.41, 5.74) is 5.28. The van der Waals surface area contributed by atoms with Crippen LogP contribution in [0.5, 0.6) is 0 Å². The van der Waals surface area contributed by atoms with Crippen molar-refractivity contribution < 1.29 is 4.42 Å². The highest BCUT2D eigenvalue weighted by molar-refractivity contribution is 6.29. The fourth-order valence-corrected chi connectivity index (χ4v) is 3.42. The maximum absolute atomic E-state index is 6.15. The fraction of sp³-hybridized carbons (Fsp3) is 0. The molecule has 0 aliphatic heterocycles. The molecule has 0 aliphatic carbocycles. The van der Waals surface area contributed by atoms with E-state index in [2.05, 4.69) is 34.2 Å². The number of furan rings is 1. The summed E-state index contributed by atoms with van der Waals surface area (Å²) < 4.78 is 6.02. The number of rotatable bonds is 2. The van der Waals surface area contributed by atoms with Crippen LogP contribution in [0.2, 0.25) is 5.28 Å². The lowest BCUT2D eigenvalue weighted by molar-refractivity contribution is 0.653. The first-order chi connectivity index (χ1) is 12.8. The number of benzene rings is 3. The Labute approximate surface area is 154 Å². The van der Waals surface area contributed by atoms with Gasteiger partial charge in [-0.15, -0.1) is 0 Å². The van der Waals surface area contributed by atoms with Gasteiger partial charge in [0.1, 0.15) is 5.58 Å². The van der Waals surface area contributed by atoms with Crippen LogP contribution in [0.25, 0.3) is 44.5 Å². The largest absolute Gasteiger partial charge is 0.437 e. The van der Waals surface area contributed by atoms with Crippen LogP contribution in [-0.4, -0.2) is 9.97 Å². The maximum Gasteiger partial charge on any atom is 0.232 e. The van der Waals surface area contributed by atoms with Gasteiger partial charge in [-0.05, 0) is 34.9 Å². The summed E-state index contributed by atoms with van der Waals surface area (Å²) >= 11 is 6.15. The third-order valence-electron chi connectivity index (χ3n) is 4.46. The minimum absolute atomic E-state index is 0.179. The Bertz CT molecular complexity index is 1230. The van der Waals surface area contributed by atoms with Crippen LogP contribution in [0, 0.1) is 0 Å². The minimum atomic E-state index is 0.179. The first-order valence-corrected chi connectivity index (χ1v) is 8.68. The molecule has 5 rings (SSSR count). The van der Waals surface area contributed by atoms with Gasteiger partial charge in [-0.2, -0.15) is 4.98 Å². The van der Waals surface area contributed by atoms with E-state index in [0.29, 0.717) is 5.71 Å². The zero-order valence-corrected chi connectivity index (χ0v) is 14.4. The average Bonchev–Trinajstić information content (AvgIpc) is 3.06. The molecule has 3 aromatic carbocycles. The number of hydrogen-bond acceptors (Lipinski definition) is 3. The molecule has 0 saturated carbocycles. The van der Waals surface area contributed by atoms with E-state index in [1.807, 2.05) is 54.6 Å². The molecule has 0 spiro atoms. The smallest absolute Gasteiger partial charge is 0.232 e. The lowest BCUT2D eigenvalue weighted by Crippen LogP contribution is -1.89. The van der Waals surface area contributed by atoms with E-state index in [-0.39, 0.29) is 5.28 Å². The van der Waals surface area contributed by atoms with Crippen LogP contribution >= 0.6 is 11.6 Å². The lowest BCUT2D eigenvalue weighted by Gasteiger charge is -2.03. The molecule has 26 heavy (non-hydrogen) atoms. The van der Waals surface area contributed by atoms with Crippen LogP contribution in [0.4, 0.5) is 0 Å². The van der Waals surface area contributed by atoms with Gasteiger partial charge in [0.05, 0.1) is 11.1 Å². The van der Waals surface area contributed by atoms with Gasteiger partial charge in [0.2, 0.25) is 11.0 Å². The van der Waals surface area contributed by atoms with E-state index < -0.39 is 0 Å². The minimum Gasteiger partial charge on any atom is -0.437 e. The van der Waals surface area contributed by atoms with Gasteiger partial charge in [0, 0.05) is 10.9 Å². The summed E-state index contributed by atoms with van der Waals surface area (Å²) in [6, 6.07) is 26.4. The predicted molar refractivity (Wildman–Crippen MR) is 105 cm³/mol. The molecule has 0 aliphatic rings. The molecule has 0 bridgehead atoms. The molecule has 0 fully saturated rings. The predicted octanol–water partition coefficient (Wildman–Crippen LogP) is 6.36. The summed E-state index contributed by atoms with van der Waals surface area (Å²) in [7, 11) is 0. The standard InChI is InChI=1S/C22H13ClN2O/c23-22-24-20(15-9-5-2-6-10-15)19-17-12-11-16(14-7-3-1-4-8-14)13-18(17)26-21(19)25-22/h1-13H. The monoisotopic (exact) mass is 356 g/mol. The van der Waals surface area contributed by atoms with Crippen LogP contribution in [0.3, 0.4) is 0 Å². The number of nitrogens with zero attached hydrogens (tertiary/aromatic N) is 2. The fourth-order valence-electron chi connectivity index (χ4n) is 3.26. The Morgan fingerprint density at radius 3 is 2.12 bits per heavy atom. The van der Waals surface area contributed by atoms with Gasteiger partial charge in [-0.3, -0.25) is 0 Å². The average molecular weight is 357 g/mol. The zero-order valence-electron chi connectivity index (χ0n) is 13.7. The first-order valence-electron chi connectivity index (χ1n) is 8.30. The van der Waals surface area contributed by atoms with E-state index in [1.165, 1.54) is 0 Å². The van der Waals surface area contributed by atoms with Crippen molar-refractivity contribution in [3.05, 3.63) is 84.1 Å². The highest BCUT2D eigenvalue weighted by Gasteiger charge is 2.17. The Morgan fingerprint density at radius 1 is 0.692 bits per heavy atom. The molecule has 2 heterocycles. The van der Waals surface area contributed by atoms with Crippen molar-refractivity contribution in [2.45, 2.75) is 0 Å². The van der Waals surface area contributed by atoms with Crippen molar-refractivity contribution in [2.24, 2.45) is 0 Å². The third kappa shape index (κ3) is 2.45. The molecular weight excluding hydrogens is 344 g/mol. The highest BCUT2D eigenvalue weighted by atomic mass is 35.5. The van der Waals surface area contributed by atoms with Crippen LogP contribution in [0.1, 0.15) is 0 Å². The molecule has 0 amide bonds. The van der Waals surface area contributed by atoms with Crippen molar-refractivity contribution in [1.82, 2.24) is 9.97 Å². The number of hydrogen-bond donors (Lipinski definition) is 0. The van der Waals surface area contributed by atoms with Crippen LogP contribution < -0.4 is 0 Å². The molecule has 2 aromatic heterocycles. The molecule has 124 valence electrons. The normalized spacial score (nSPS) is 11.3. The van der Waals surface area contributed by atoms with Crippen molar-refractivity contribution in [2.75, 3.05) is 0 Å². The quantitative estimate of drug-likeness (QED) is 0.345. The topological polar surface area (TPSA) is 38.9 Å². The highest BCUT2D eigenvalue weighted by Crippen LogP contribution is 2.36. The van der Waals surface area contributed by atoms with E-state index in [4.69, 9.17) is 16.0 Å². The van der Waals surface area contributed by atoms with E-state index in [0.717, 1.165) is 38.7 Å². The van der Waals surface area contributed by atoms with Crippen molar-refractivity contribution >= 4 is 33.7 Å². The Morgan fingerprint density at radius 2 is 1.38 bits per heavy atom. The van der Waals surface area contributed by atoms with Crippen molar-refractivity contribution in [3.8, 4) is 22.4 Å². The van der Waals surface area contributed by atoms with E-state index in [9.17, 15) is 0 Å². The molecular formula is C22H13ClN2O. The van der Waals surface area contributed by atoms with Crippen LogP contribution in [-0.2, 0) is 0 Å². The van der Waals surface area contributed by atoms with Gasteiger partial charge in [0.15, 0.2) is 0 Å². The third-order valence-corrected chi connectivity index (χ3v) is 4.63. The van der Waals surface area contributed by atoms with Gasteiger partial charge in [-0.1, -0.05) is 66.7 Å². The lowest BCUT2D eigenvalue weighted by atomic mass is 10.0. The van der Waals surface area contributed by atoms with Gasteiger partial charge in [0.25, 0.3) is 0 Å². The molecule has 0 radical (unpaired) electrons. The van der Waals surface area contributed by atoms with E-state index >= 15 is 0 Å². The SMILES string of the molecule is Clc1nc(-c2ccccc2)c2c(n1)oc1cc(-c3ccccc3)ccc12. The van der Waals surface area contributed by atoms with Crippen molar-refractivity contribution in [1.29, 1.82) is 0 Å². The second kappa shape index (κ2) is 5.97. The summed E-state index contributed by atoms with van der Waals surface area (Å²) in [6.45, 7) is 0. The van der Waals surface area contributed by atoms with Gasteiger partial charge in [-0.25, -0.2) is 4.98 Å². The Kier molecular flexibility index (Phi) is 3.47. The summed E-state index contributed by atoms with van der Waals surface area (Å²) in [4.78, 5) is 8.76. The van der Waals surface area contributed by atoms with E-state index in [1.54, 1.807) is 0 Å². The summed E-state index contributed by atoms with van der Waals surface area (Å²) in [5, 5.41) is 2.05. The maximum atomic E-state index is 6.15. The Balaban J connectivity index is 1.80. The molecule has 0 unspecified atom stereocenters. The molecule has 0 N–H and O–H groups in total. The molecule has 4 heteroatoms. The summed E-state index contributed by atoms with van der Waals surface area (Å²) in [6.07, 6.45) is 0. The Hall–Kier alpha value is -3.17. The second-order valence-electron chi connectivity index (χ2n) is 6.07. The first kappa shape index (κ1) is 15.1. The van der Waals surface area contributed by atoms with Gasteiger partial charge >= 0.3 is 0 Å². The summed E-state index contributed by atoms with van der Waals surface area (Å²) in [5.74, 6) is 0. The van der Waals surface area contributed by atoms with Crippen LogP contribution in [0.15, 0.2) is 83.3 Å². The van der Waals surface area contributed by atoms with Gasteiger partial charge < -0.3 is 4.42 Å². The number of aromatic nitrogens is 2. The molecule has 0 atom stereocenters. The number of halogens is 1. The molecule has 0 saturated heterocycles.